The van der Waals surface area contributed by atoms with Crippen LogP contribution < -0.4 is 10.6 Å². The van der Waals surface area contributed by atoms with Crippen LogP contribution in [-0.2, 0) is 9.53 Å². The minimum atomic E-state index is -4.55. The van der Waals surface area contributed by atoms with Gasteiger partial charge in [0.05, 0.1) is 12.6 Å². The van der Waals surface area contributed by atoms with E-state index >= 15 is 0 Å². The van der Waals surface area contributed by atoms with Gasteiger partial charge in [0.2, 0.25) is 5.91 Å². The molecule has 2 rings (SSSR count). The topological polar surface area (TPSA) is 67.4 Å². The third kappa shape index (κ3) is 5.87. The first kappa shape index (κ1) is 20.0. The van der Waals surface area contributed by atoms with Gasteiger partial charge in [0.1, 0.15) is 0 Å². The number of nitrogens with one attached hydrogen (secondary N) is 2. The van der Waals surface area contributed by atoms with E-state index in [4.69, 9.17) is 4.74 Å². The van der Waals surface area contributed by atoms with Crippen LogP contribution in [0.25, 0.3) is 0 Å². The minimum Gasteiger partial charge on any atom is -0.364 e. The molecule has 8 heteroatoms. The highest BCUT2D eigenvalue weighted by molar-refractivity contribution is 5.99. The normalized spacial score (nSPS) is 16.1. The largest absolute Gasteiger partial charge is 0.416 e. The Morgan fingerprint density at radius 2 is 1.85 bits per heavy atom. The van der Waals surface area contributed by atoms with Crippen molar-refractivity contribution in [3.8, 4) is 0 Å². The molecule has 0 aromatic heterocycles. The maximum atomic E-state index is 13.1. The highest BCUT2D eigenvalue weighted by atomic mass is 19.4. The maximum absolute atomic E-state index is 13.1. The van der Waals surface area contributed by atoms with Crippen molar-refractivity contribution in [3.63, 3.8) is 0 Å². The third-order valence-electron chi connectivity index (χ3n) is 4.07. The van der Waals surface area contributed by atoms with E-state index in [1.165, 1.54) is 24.3 Å². The Morgan fingerprint density at radius 1 is 1.23 bits per heavy atom. The number of hydrogen-bond donors (Lipinski definition) is 2. The molecular formula is C18H21F3N2O3. The average Bonchev–Trinajstić information content (AvgIpc) is 3.11. The van der Waals surface area contributed by atoms with Crippen LogP contribution in [0.4, 0.5) is 18.9 Å². The van der Waals surface area contributed by atoms with Crippen LogP contribution in [0, 0.1) is 0 Å². The van der Waals surface area contributed by atoms with Crippen LogP contribution in [0.5, 0.6) is 0 Å². The second kappa shape index (κ2) is 8.84. The van der Waals surface area contributed by atoms with Gasteiger partial charge in [-0.05, 0) is 43.2 Å². The standard InChI is InChI=1S/C18H21F3N2O3/c1-2-16(24)23-13-9-7-12(8-10-13)17(25)22-11-15(18(19,20)21)26-14-5-3-4-6-14/h2,7-10,14-15H,1,3-6,11H2,(H,22,25)(H,23,24). The lowest BCUT2D eigenvalue weighted by Gasteiger charge is -2.24. The van der Waals surface area contributed by atoms with Gasteiger partial charge in [0, 0.05) is 11.3 Å². The van der Waals surface area contributed by atoms with E-state index in [9.17, 15) is 22.8 Å². The quantitative estimate of drug-likeness (QED) is 0.723. The number of halogens is 3. The van der Waals surface area contributed by atoms with Crippen molar-refractivity contribution in [2.45, 2.75) is 44.1 Å². The van der Waals surface area contributed by atoms with Gasteiger partial charge in [-0.25, -0.2) is 0 Å². The number of rotatable bonds is 7. The molecule has 0 spiro atoms. The summed E-state index contributed by atoms with van der Waals surface area (Å²) in [6.45, 7) is 2.67. The number of amides is 2. The van der Waals surface area contributed by atoms with Gasteiger partial charge in [-0.2, -0.15) is 13.2 Å². The van der Waals surface area contributed by atoms with Gasteiger partial charge < -0.3 is 15.4 Å². The second-order valence-electron chi connectivity index (χ2n) is 6.05. The fourth-order valence-corrected chi connectivity index (χ4v) is 2.68. The molecule has 0 aliphatic heterocycles. The van der Waals surface area contributed by atoms with E-state index in [2.05, 4.69) is 17.2 Å². The summed E-state index contributed by atoms with van der Waals surface area (Å²) in [4.78, 5) is 23.3. The average molecular weight is 370 g/mol. The number of alkyl halides is 3. The SMILES string of the molecule is C=CC(=O)Nc1ccc(C(=O)NCC(OC2CCCC2)C(F)(F)F)cc1. The van der Waals surface area contributed by atoms with Crippen LogP contribution >= 0.6 is 0 Å². The molecule has 1 aromatic rings. The summed E-state index contributed by atoms with van der Waals surface area (Å²) in [6, 6.07) is 5.78. The second-order valence-corrected chi connectivity index (χ2v) is 6.05. The van der Waals surface area contributed by atoms with E-state index in [1.54, 1.807) is 0 Å². The molecule has 1 saturated carbocycles. The molecule has 142 valence electrons. The van der Waals surface area contributed by atoms with Gasteiger partial charge in [-0.3, -0.25) is 9.59 Å². The molecule has 1 aromatic carbocycles. The summed E-state index contributed by atoms with van der Waals surface area (Å²) < 4.78 is 44.5. The minimum absolute atomic E-state index is 0.184. The molecular weight excluding hydrogens is 349 g/mol. The van der Waals surface area contributed by atoms with Crippen molar-refractivity contribution in [3.05, 3.63) is 42.5 Å². The Hall–Kier alpha value is -2.35. The van der Waals surface area contributed by atoms with Crippen molar-refractivity contribution in [2.75, 3.05) is 11.9 Å². The lowest BCUT2D eigenvalue weighted by molar-refractivity contribution is -0.229. The van der Waals surface area contributed by atoms with E-state index in [0.717, 1.165) is 18.9 Å². The Kier molecular flexibility index (Phi) is 6.79. The summed E-state index contributed by atoms with van der Waals surface area (Å²) in [5.41, 5.74) is 0.632. The zero-order valence-corrected chi connectivity index (χ0v) is 14.1. The molecule has 0 heterocycles. The number of anilines is 1. The molecule has 1 unspecified atom stereocenters. The van der Waals surface area contributed by atoms with Gasteiger partial charge in [0.25, 0.3) is 5.91 Å². The monoisotopic (exact) mass is 370 g/mol. The highest BCUT2D eigenvalue weighted by Gasteiger charge is 2.42. The van der Waals surface area contributed by atoms with E-state index < -0.39 is 36.7 Å². The Labute approximate surface area is 149 Å². The first-order valence-corrected chi connectivity index (χ1v) is 8.33. The summed E-state index contributed by atoms with van der Waals surface area (Å²) in [5.74, 6) is -1.05. The lowest BCUT2D eigenvalue weighted by atomic mass is 10.2. The predicted molar refractivity (Wildman–Crippen MR) is 90.8 cm³/mol. The van der Waals surface area contributed by atoms with Crippen molar-refractivity contribution in [1.82, 2.24) is 5.32 Å². The van der Waals surface area contributed by atoms with E-state index in [1.807, 2.05) is 0 Å². The smallest absolute Gasteiger partial charge is 0.364 e. The predicted octanol–water partition coefficient (Wildman–Crippen LogP) is 3.43. The Morgan fingerprint density at radius 3 is 2.38 bits per heavy atom. The molecule has 1 aliphatic carbocycles. The van der Waals surface area contributed by atoms with Gasteiger partial charge >= 0.3 is 6.18 Å². The van der Waals surface area contributed by atoms with Crippen LogP contribution in [0.15, 0.2) is 36.9 Å². The molecule has 0 saturated heterocycles. The fourth-order valence-electron chi connectivity index (χ4n) is 2.68. The molecule has 0 radical (unpaired) electrons. The van der Waals surface area contributed by atoms with Crippen molar-refractivity contribution >= 4 is 17.5 Å². The van der Waals surface area contributed by atoms with Crippen LogP contribution in [0.2, 0.25) is 0 Å². The molecule has 5 nitrogen and oxygen atoms in total. The number of carbonyl (C=O) groups is 2. The molecule has 0 bridgehead atoms. The molecule has 26 heavy (non-hydrogen) atoms. The van der Waals surface area contributed by atoms with Gasteiger partial charge in [-0.15, -0.1) is 0 Å². The summed E-state index contributed by atoms with van der Waals surface area (Å²) >= 11 is 0. The fraction of sp³-hybridized carbons (Fsp3) is 0.444. The first-order valence-electron chi connectivity index (χ1n) is 8.33. The van der Waals surface area contributed by atoms with E-state index in [-0.39, 0.29) is 5.56 Å². The van der Waals surface area contributed by atoms with Crippen molar-refractivity contribution in [2.24, 2.45) is 0 Å². The zero-order chi connectivity index (χ0) is 19.2. The zero-order valence-electron chi connectivity index (χ0n) is 14.1. The summed E-state index contributed by atoms with van der Waals surface area (Å²) in [7, 11) is 0. The van der Waals surface area contributed by atoms with E-state index in [0.29, 0.717) is 18.5 Å². The first-order chi connectivity index (χ1) is 12.3. The molecule has 2 amide bonds. The van der Waals surface area contributed by atoms with Crippen molar-refractivity contribution in [1.29, 1.82) is 0 Å². The Bertz CT molecular complexity index is 638. The van der Waals surface area contributed by atoms with Crippen LogP contribution in [0.3, 0.4) is 0 Å². The number of ether oxygens (including phenoxy) is 1. The van der Waals surface area contributed by atoms with Crippen molar-refractivity contribution < 1.29 is 27.5 Å². The molecule has 1 aliphatic rings. The maximum Gasteiger partial charge on any atom is 0.416 e. The molecule has 2 N–H and O–H groups in total. The summed E-state index contributed by atoms with van der Waals surface area (Å²) in [5, 5.41) is 4.77. The summed E-state index contributed by atoms with van der Waals surface area (Å²) in [6.07, 6.45) is -2.95. The Balaban J connectivity index is 1.92. The number of hydrogen-bond acceptors (Lipinski definition) is 3. The number of carbonyl (C=O) groups excluding carboxylic acids is 2. The van der Waals surface area contributed by atoms with Gasteiger partial charge in [-0.1, -0.05) is 19.4 Å². The van der Waals surface area contributed by atoms with Gasteiger partial charge in [0.15, 0.2) is 6.10 Å². The van der Waals surface area contributed by atoms with Crippen LogP contribution in [0.1, 0.15) is 36.0 Å². The molecule has 1 fully saturated rings. The van der Waals surface area contributed by atoms with Crippen LogP contribution in [-0.4, -0.2) is 36.7 Å². The third-order valence-corrected chi connectivity index (χ3v) is 4.07. The number of benzene rings is 1. The molecule has 1 atom stereocenters. The lowest BCUT2D eigenvalue weighted by Crippen LogP contribution is -2.44. The highest BCUT2D eigenvalue weighted by Crippen LogP contribution is 2.29.